The van der Waals surface area contributed by atoms with Crippen LogP contribution in [0.5, 0.6) is 5.75 Å². The molecule has 0 amide bonds. The van der Waals surface area contributed by atoms with Gasteiger partial charge in [-0.05, 0) is 24.6 Å². The molecule has 0 unspecified atom stereocenters. The summed E-state index contributed by atoms with van der Waals surface area (Å²) >= 11 is 12.2. The Bertz CT molecular complexity index is 558. The molecule has 0 aromatic heterocycles. The first-order chi connectivity index (χ1) is 9.70. The minimum Gasteiger partial charge on any atom is -0.492 e. The van der Waals surface area contributed by atoms with Crippen LogP contribution in [0.1, 0.15) is 18.1 Å². The van der Waals surface area contributed by atoms with Gasteiger partial charge in [0.15, 0.2) is 0 Å². The molecule has 106 valence electrons. The summed E-state index contributed by atoms with van der Waals surface area (Å²) in [4.78, 5) is 0. The van der Waals surface area contributed by atoms with Crippen molar-refractivity contribution in [2.75, 3.05) is 6.61 Å². The van der Waals surface area contributed by atoms with Crippen LogP contribution >= 0.6 is 23.2 Å². The van der Waals surface area contributed by atoms with Crippen molar-refractivity contribution >= 4 is 23.2 Å². The molecule has 0 spiro atoms. The van der Waals surface area contributed by atoms with Gasteiger partial charge in [0.25, 0.3) is 0 Å². The number of halogens is 2. The molecule has 0 radical (unpaired) electrons. The minimum absolute atomic E-state index is 0.552. The highest BCUT2D eigenvalue weighted by Crippen LogP contribution is 2.32. The first-order valence-electron chi connectivity index (χ1n) is 6.56. The Morgan fingerprint density at radius 1 is 1.05 bits per heavy atom. The topological polar surface area (TPSA) is 21.3 Å². The predicted octanol–water partition coefficient (Wildman–Crippen LogP) is 4.68. The number of rotatable bonds is 6. The molecule has 0 heterocycles. The van der Waals surface area contributed by atoms with Crippen LogP contribution in [0.4, 0.5) is 0 Å². The molecule has 1 N–H and O–H groups in total. The fourth-order valence-electron chi connectivity index (χ4n) is 1.99. The van der Waals surface area contributed by atoms with E-state index in [-0.39, 0.29) is 0 Å². The summed E-state index contributed by atoms with van der Waals surface area (Å²) in [6.07, 6.45) is 0. The lowest BCUT2D eigenvalue weighted by Gasteiger charge is -2.13. The molecule has 0 aliphatic heterocycles. The third-order valence-corrected chi connectivity index (χ3v) is 3.36. The zero-order chi connectivity index (χ0) is 14.4. The van der Waals surface area contributed by atoms with E-state index in [2.05, 4.69) is 17.4 Å². The van der Waals surface area contributed by atoms with Gasteiger partial charge in [0, 0.05) is 23.7 Å². The average Bonchev–Trinajstić information content (AvgIpc) is 2.43. The lowest BCUT2D eigenvalue weighted by atomic mass is 10.2. The Hall–Kier alpha value is -1.22. The monoisotopic (exact) mass is 309 g/mol. The Morgan fingerprint density at radius 2 is 1.80 bits per heavy atom. The Balaban J connectivity index is 2.05. The van der Waals surface area contributed by atoms with Crippen molar-refractivity contribution in [1.82, 2.24) is 5.32 Å². The predicted molar refractivity (Wildman–Crippen MR) is 84.6 cm³/mol. The van der Waals surface area contributed by atoms with Gasteiger partial charge in [0.05, 0.1) is 11.6 Å². The van der Waals surface area contributed by atoms with Crippen LogP contribution in [0.2, 0.25) is 10.0 Å². The molecule has 2 aromatic rings. The summed E-state index contributed by atoms with van der Waals surface area (Å²) in [7, 11) is 0. The molecule has 4 heteroatoms. The van der Waals surface area contributed by atoms with E-state index in [1.165, 1.54) is 5.56 Å². The largest absolute Gasteiger partial charge is 0.492 e. The second-order valence-electron chi connectivity index (χ2n) is 4.40. The molecule has 20 heavy (non-hydrogen) atoms. The molecule has 0 fully saturated rings. The van der Waals surface area contributed by atoms with Crippen LogP contribution in [0.15, 0.2) is 42.5 Å². The third kappa shape index (κ3) is 4.14. The number of hydrogen-bond donors (Lipinski definition) is 1. The molecule has 2 nitrogen and oxygen atoms in total. The highest BCUT2D eigenvalue weighted by Gasteiger charge is 2.10. The van der Waals surface area contributed by atoms with Crippen LogP contribution in [0.3, 0.4) is 0 Å². The van der Waals surface area contributed by atoms with Gasteiger partial charge in [0.2, 0.25) is 0 Å². The maximum Gasteiger partial charge on any atom is 0.142 e. The Kier molecular flexibility index (Phi) is 5.72. The average molecular weight is 310 g/mol. The lowest BCUT2D eigenvalue weighted by Crippen LogP contribution is -2.13. The van der Waals surface area contributed by atoms with E-state index in [4.69, 9.17) is 27.9 Å². The van der Waals surface area contributed by atoms with Crippen molar-refractivity contribution in [3.8, 4) is 5.75 Å². The highest BCUT2D eigenvalue weighted by molar-refractivity contribution is 6.35. The fourth-order valence-corrected chi connectivity index (χ4v) is 2.58. The van der Waals surface area contributed by atoms with Gasteiger partial charge in [-0.25, -0.2) is 0 Å². The molecule has 0 saturated carbocycles. The lowest BCUT2D eigenvalue weighted by molar-refractivity contribution is 0.335. The van der Waals surface area contributed by atoms with E-state index in [9.17, 15) is 0 Å². The Labute approximate surface area is 129 Å². The van der Waals surface area contributed by atoms with E-state index >= 15 is 0 Å². The van der Waals surface area contributed by atoms with Gasteiger partial charge < -0.3 is 10.1 Å². The van der Waals surface area contributed by atoms with Gasteiger partial charge >= 0.3 is 0 Å². The summed E-state index contributed by atoms with van der Waals surface area (Å²) in [5.41, 5.74) is 2.21. The number of hydrogen-bond acceptors (Lipinski definition) is 2. The van der Waals surface area contributed by atoms with E-state index in [0.717, 1.165) is 12.1 Å². The number of ether oxygens (including phenoxy) is 1. The SMILES string of the molecule is CCOc1c(Cl)cc(Cl)cc1CNCc1ccccc1. The van der Waals surface area contributed by atoms with Gasteiger partial charge in [-0.1, -0.05) is 53.5 Å². The second kappa shape index (κ2) is 7.53. The van der Waals surface area contributed by atoms with Crippen LogP contribution in [-0.4, -0.2) is 6.61 Å². The van der Waals surface area contributed by atoms with Crippen molar-refractivity contribution in [3.63, 3.8) is 0 Å². The zero-order valence-electron chi connectivity index (χ0n) is 11.3. The molecular formula is C16H17Cl2NO. The van der Waals surface area contributed by atoms with Gasteiger partial charge in [0.1, 0.15) is 5.75 Å². The third-order valence-electron chi connectivity index (χ3n) is 2.86. The van der Waals surface area contributed by atoms with Gasteiger partial charge in [-0.2, -0.15) is 0 Å². The van der Waals surface area contributed by atoms with Crippen molar-refractivity contribution in [3.05, 3.63) is 63.6 Å². The van der Waals surface area contributed by atoms with Crippen molar-refractivity contribution in [2.45, 2.75) is 20.0 Å². The maximum atomic E-state index is 6.17. The summed E-state index contributed by atoms with van der Waals surface area (Å²) in [5.74, 6) is 0.708. The molecule has 0 atom stereocenters. The number of nitrogens with one attached hydrogen (secondary N) is 1. The molecule has 2 aromatic carbocycles. The van der Waals surface area contributed by atoms with Crippen LogP contribution in [-0.2, 0) is 13.1 Å². The highest BCUT2D eigenvalue weighted by atomic mass is 35.5. The smallest absolute Gasteiger partial charge is 0.142 e. The van der Waals surface area contributed by atoms with Gasteiger partial charge in [-0.15, -0.1) is 0 Å². The first kappa shape index (κ1) is 15.2. The quantitative estimate of drug-likeness (QED) is 0.836. The van der Waals surface area contributed by atoms with Crippen LogP contribution < -0.4 is 10.1 Å². The number of benzene rings is 2. The fraction of sp³-hybridized carbons (Fsp3) is 0.250. The normalized spacial score (nSPS) is 10.6. The molecule has 0 aliphatic rings. The summed E-state index contributed by atoms with van der Waals surface area (Å²) in [6, 6.07) is 13.8. The first-order valence-corrected chi connectivity index (χ1v) is 7.31. The summed E-state index contributed by atoms with van der Waals surface area (Å²) < 4.78 is 5.59. The van der Waals surface area contributed by atoms with Crippen LogP contribution in [0.25, 0.3) is 0 Å². The van der Waals surface area contributed by atoms with Gasteiger partial charge in [-0.3, -0.25) is 0 Å². The Morgan fingerprint density at radius 3 is 2.50 bits per heavy atom. The zero-order valence-corrected chi connectivity index (χ0v) is 12.8. The van der Waals surface area contributed by atoms with Crippen molar-refractivity contribution in [2.24, 2.45) is 0 Å². The van der Waals surface area contributed by atoms with Crippen LogP contribution in [0, 0.1) is 0 Å². The van der Waals surface area contributed by atoms with E-state index < -0.39 is 0 Å². The molecule has 0 bridgehead atoms. The standard InChI is InChI=1S/C16H17Cl2NO/c1-2-20-16-13(8-14(17)9-15(16)18)11-19-10-12-6-4-3-5-7-12/h3-9,19H,2,10-11H2,1H3. The summed E-state index contributed by atoms with van der Waals surface area (Å²) in [5, 5.41) is 4.55. The molecule has 0 aliphatic carbocycles. The molecule has 0 saturated heterocycles. The van der Waals surface area contributed by atoms with Crippen molar-refractivity contribution in [1.29, 1.82) is 0 Å². The maximum absolute atomic E-state index is 6.17. The van der Waals surface area contributed by atoms with E-state index in [1.807, 2.05) is 31.2 Å². The second-order valence-corrected chi connectivity index (χ2v) is 5.24. The van der Waals surface area contributed by atoms with E-state index in [1.54, 1.807) is 6.07 Å². The molecular weight excluding hydrogens is 293 g/mol. The summed E-state index contributed by atoms with van der Waals surface area (Å²) in [6.45, 7) is 3.96. The van der Waals surface area contributed by atoms with E-state index in [0.29, 0.717) is 28.9 Å². The molecule has 2 rings (SSSR count). The van der Waals surface area contributed by atoms with Crippen molar-refractivity contribution < 1.29 is 4.74 Å². The minimum atomic E-state index is 0.552.